The standard InChI is InChI=1S/C16H21BrN2O.ClH/c1-10-6-12(4-5-15(10)17)19-16(20)9-11-7-13-2-3-14(8-11)18-13;/h4-6,11,13-14,18H,2-3,7-9H2,1H3,(H,19,20);1H. The van der Waals surface area contributed by atoms with Gasteiger partial charge in [-0.05, 0) is 62.3 Å². The van der Waals surface area contributed by atoms with Crippen molar-refractivity contribution >= 4 is 39.9 Å². The van der Waals surface area contributed by atoms with E-state index in [0.29, 0.717) is 24.4 Å². The van der Waals surface area contributed by atoms with Crippen LogP contribution in [0.4, 0.5) is 5.69 Å². The Morgan fingerprint density at radius 1 is 1.33 bits per heavy atom. The Kier molecular flexibility index (Phi) is 5.69. The molecule has 2 saturated heterocycles. The predicted molar refractivity (Wildman–Crippen MR) is 92.0 cm³/mol. The summed E-state index contributed by atoms with van der Waals surface area (Å²) >= 11 is 3.48. The van der Waals surface area contributed by atoms with Crippen LogP contribution >= 0.6 is 28.3 Å². The van der Waals surface area contributed by atoms with Crippen LogP contribution in [-0.4, -0.2) is 18.0 Å². The topological polar surface area (TPSA) is 41.1 Å². The lowest BCUT2D eigenvalue weighted by Gasteiger charge is -2.28. The molecule has 2 unspecified atom stereocenters. The van der Waals surface area contributed by atoms with Crippen molar-refractivity contribution in [2.24, 2.45) is 5.92 Å². The molecule has 2 aliphatic heterocycles. The highest BCUT2D eigenvalue weighted by Crippen LogP contribution is 2.32. The van der Waals surface area contributed by atoms with Crippen molar-refractivity contribution in [3.05, 3.63) is 28.2 Å². The lowest BCUT2D eigenvalue weighted by Crippen LogP contribution is -2.39. The molecule has 1 aromatic rings. The summed E-state index contributed by atoms with van der Waals surface area (Å²) < 4.78 is 1.07. The number of carbonyl (C=O) groups is 1. The second-order valence-corrected chi connectivity index (χ2v) is 7.05. The minimum Gasteiger partial charge on any atom is -0.326 e. The zero-order valence-corrected chi connectivity index (χ0v) is 14.6. The molecule has 5 heteroatoms. The molecule has 116 valence electrons. The molecule has 2 N–H and O–H groups in total. The van der Waals surface area contributed by atoms with E-state index >= 15 is 0 Å². The van der Waals surface area contributed by atoms with Gasteiger partial charge in [0.05, 0.1) is 0 Å². The van der Waals surface area contributed by atoms with Gasteiger partial charge in [0, 0.05) is 28.7 Å². The summed E-state index contributed by atoms with van der Waals surface area (Å²) in [4.78, 5) is 12.2. The largest absolute Gasteiger partial charge is 0.326 e. The minimum absolute atomic E-state index is 0. The molecule has 0 aromatic heterocycles. The third kappa shape index (κ3) is 4.21. The maximum absolute atomic E-state index is 12.2. The lowest BCUT2D eigenvalue weighted by molar-refractivity contribution is -0.117. The number of hydrogen-bond acceptors (Lipinski definition) is 2. The molecule has 2 bridgehead atoms. The molecular weight excluding hydrogens is 352 g/mol. The first-order chi connectivity index (χ1) is 9.60. The van der Waals surface area contributed by atoms with Crippen LogP contribution in [0, 0.1) is 12.8 Å². The number of amides is 1. The molecule has 1 amide bonds. The lowest BCUT2D eigenvalue weighted by atomic mass is 9.89. The summed E-state index contributed by atoms with van der Waals surface area (Å²) in [5.74, 6) is 0.698. The van der Waals surface area contributed by atoms with Gasteiger partial charge in [-0.3, -0.25) is 4.79 Å². The molecule has 0 aliphatic carbocycles. The van der Waals surface area contributed by atoms with Crippen molar-refractivity contribution in [2.75, 3.05) is 5.32 Å². The van der Waals surface area contributed by atoms with Gasteiger partial charge in [-0.15, -0.1) is 12.4 Å². The van der Waals surface area contributed by atoms with Crippen molar-refractivity contribution in [3.8, 4) is 0 Å². The van der Waals surface area contributed by atoms with Crippen LogP contribution in [0.25, 0.3) is 0 Å². The second kappa shape index (κ2) is 7.12. The smallest absolute Gasteiger partial charge is 0.224 e. The monoisotopic (exact) mass is 372 g/mol. The number of hydrogen-bond donors (Lipinski definition) is 2. The minimum atomic E-state index is 0. The normalized spacial score (nSPS) is 27.0. The van der Waals surface area contributed by atoms with Gasteiger partial charge in [-0.25, -0.2) is 0 Å². The van der Waals surface area contributed by atoms with E-state index in [-0.39, 0.29) is 18.3 Å². The number of piperidine rings is 1. The average molecular weight is 374 g/mol. The third-order valence-electron chi connectivity index (χ3n) is 4.49. The highest BCUT2D eigenvalue weighted by Gasteiger charge is 2.34. The summed E-state index contributed by atoms with van der Waals surface area (Å²) in [5, 5.41) is 6.65. The molecule has 2 atom stereocenters. The highest BCUT2D eigenvalue weighted by atomic mass is 79.9. The zero-order valence-electron chi connectivity index (χ0n) is 12.2. The van der Waals surface area contributed by atoms with Crippen molar-refractivity contribution in [1.29, 1.82) is 0 Å². The summed E-state index contributed by atoms with van der Waals surface area (Å²) in [7, 11) is 0. The fourth-order valence-corrected chi connectivity index (χ4v) is 3.79. The molecule has 0 saturated carbocycles. The van der Waals surface area contributed by atoms with Crippen LogP contribution in [0.3, 0.4) is 0 Å². The van der Waals surface area contributed by atoms with E-state index in [9.17, 15) is 4.79 Å². The van der Waals surface area contributed by atoms with Gasteiger partial charge in [0.25, 0.3) is 0 Å². The molecular formula is C16H22BrClN2O. The number of benzene rings is 1. The summed E-state index contributed by atoms with van der Waals surface area (Å²) in [6.07, 6.45) is 5.54. The average Bonchev–Trinajstić information content (AvgIpc) is 2.73. The van der Waals surface area contributed by atoms with Gasteiger partial charge in [0.2, 0.25) is 5.91 Å². The van der Waals surface area contributed by atoms with E-state index in [4.69, 9.17) is 0 Å². The van der Waals surface area contributed by atoms with Crippen molar-refractivity contribution in [1.82, 2.24) is 5.32 Å². The molecule has 2 aliphatic rings. The van der Waals surface area contributed by atoms with E-state index in [2.05, 4.69) is 26.6 Å². The Morgan fingerprint density at radius 3 is 2.62 bits per heavy atom. The van der Waals surface area contributed by atoms with Crippen LogP contribution in [0.2, 0.25) is 0 Å². The molecule has 2 fully saturated rings. The molecule has 21 heavy (non-hydrogen) atoms. The first-order valence-electron chi connectivity index (χ1n) is 7.42. The van der Waals surface area contributed by atoms with Crippen LogP contribution < -0.4 is 10.6 Å². The van der Waals surface area contributed by atoms with Gasteiger partial charge < -0.3 is 10.6 Å². The Labute approximate surface area is 140 Å². The third-order valence-corrected chi connectivity index (χ3v) is 5.38. The van der Waals surface area contributed by atoms with Crippen molar-refractivity contribution in [3.63, 3.8) is 0 Å². The van der Waals surface area contributed by atoms with Crippen LogP contribution in [0.5, 0.6) is 0 Å². The van der Waals surface area contributed by atoms with Gasteiger partial charge in [0.15, 0.2) is 0 Å². The van der Waals surface area contributed by atoms with E-state index in [1.54, 1.807) is 0 Å². The number of carbonyl (C=O) groups excluding carboxylic acids is 1. The number of anilines is 1. The number of nitrogens with one attached hydrogen (secondary N) is 2. The van der Waals surface area contributed by atoms with Crippen LogP contribution in [0.1, 0.15) is 37.7 Å². The Balaban J connectivity index is 0.00000161. The second-order valence-electron chi connectivity index (χ2n) is 6.19. The molecule has 0 radical (unpaired) electrons. The fourth-order valence-electron chi connectivity index (χ4n) is 3.54. The van der Waals surface area contributed by atoms with Gasteiger partial charge >= 0.3 is 0 Å². The van der Waals surface area contributed by atoms with Crippen molar-refractivity contribution < 1.29 is 4.79 Å². The molecule has 3 rings (SSSR count). The summed E-state index contributed by atoms with van der Waals surface area (Å²) in [5.41, 5.74) is 2.04. The van der Waals surface area contributed by atoms with E-state index < -0.39 is 0 Å². The Hall–Kier alpha value is -0.580. The van der Waals surface area contributed by atoms with Crippen molar-refractivity contribution in [2.45, 2.75) is 51.1 Å². The Morgan fingerprint density at radius 2 is 2.00 bits per heavy atom. The molecule has 0 spiro atoms. The molecule has 3 nitrogen and oxygen atoms in total. The maximum atomic E-state index is 12.2. The van der Waals surface area contributed by atoms with E-state index in [0.717, 1.165) is 28.6 Å². The van der Waals surface area contributed by atoms with Gasteiger partial charge in [-0.1, -0.05) is 15.9 Å². The highest BCUT2D eigenvalue weighted by molar-refractivity contribution is 9.10. The number of fused-ring (bicyclic) bond motifs is 2. The van der Waals surface area contributed by atoms with Crippen LogP contribution in [-0.2, 0) is 4.79 Å². The summed E-state index contributed by atoms with van der Waals surface area (Å²) in [6.45, 7) is 2.03. The first-order valence-corrected chi connectivity index (χ1v) is 8.21. The van der Waals surface area contributed by atoms with E-state index in [1.165, 1.54) is 12.8 Å². The number of aryl methyl sites for hydroxylation is 1. The van der Waals surface area contributed by atoms with Gasteiger partial charge in [0.1, 0.15) is 0 Å². The van der Waals surface area contributed by atoms with Gasteiger partial charge in [-0.2, -0.15) is 0 Å². The fraction of sp³-hybridized carbons (Fsp3) is 0.562. The first kappa shape index (κ1) is 16.8. The SMILES string of the molecule is Cc1cc(NC(=O)CC2CC3CCC(C2)N3)ccc1Br.Cl. The molecule has 2 heterocycles. The summed E-state index contributed by atoms with van der Waals surface area (Å²) in [6, 6.07) is 7.24. The Bertz CT molecular complexity index is 511. The van der Waals surface area contributed by atoms with E-state index in [1.807, 2.05) is 25.1 Å². The maximum Gasteiger partial charge on any atom is 0.224 e. The zero-order chi connectivity index (χ0) is 14.1. The number of rotatable bonds is 3. The quantitative estimate of drug-likeness (QED) is 0.839. The number of halogens is 2. The molecule has 1 aromatic carbocycles. The van der Waals surface area contributed by atoms with Crippen LogP contribution in [0.15, 0.2) is 22.7 Å². The predicted octanol–water partition coefficient (Wildman–Crippen LogP) is 4.04.